The summed E-state index contributed by atoms with van der Waals surface area (Å²) in [5.41, 5.74) is 2.39. The van der Waals surface area contributed by atoms with Crippen molar-refractivity contribution in [1.29, 1.82) is 0 Å². The Morgan fingerprint density at radius 3 is 2.71 bits per heavy atom. The first-order valence-corrected chi connectivity index (χ1v) is 6.60. The van der Waals surface area contributed by atoms with Gasteiger partial charge in [-0.15, -0.1) is 0 Å². The van der Waals surface area contributed by atoms with Crippen molar-refractivity contribution in [2.75, 3.05) is 18.5 Å². The highest BCUT2D eigenvalue weighted by atomic mass is 16.5. The molecule has 0 fully saturated rings. The van der Waals surface area contributed by atoms with Gasteiger partial charge in [-0.05, 0) is 43.4 Å². The lowest BCUT2D eigenvalue weighted by molar-refractivity contribution is 0.318. The predicted molar refractivity (Wildman–Crippen MR) is 74.9 cm³/mol. The van der Waals surface area contributed by atoms with Gasteiger partial charge in [-0.3, -0.25) is 0 Å². The van der Waals surface area contributed by atoms with Crippen molar-refractivity contribution in [1.82, 2.24) is 0 Å². The summed E-state index contributed by atoms with van der Waals surface area (Å²) < 4.78 is 5.74. The molecule has 0 aliphatic rings. The summed E-state index contributed by atoms with van der Waals surface area (Å²) in [7, 11) is 0. The number of aryl methyl sites for hydroxylation is 1. The van der Waals surface area contributed by atoms with Crippen LogP contribution in [0.2, 0.25) is 0 Å². The second-order valence-electron chi connectivity index (χ2n) is 4.96. The highest BCUT2D eigenvalue weighted by Crippen LogP contribution is 2.26. The molecule has 1 aromatic carbocycles. The molecule has 0 aliphatic carbocycles. The van der Waals surface area contributed by atoms with E-state index < -0.39 is 0 Å². The fourth-order valence-electron chi connectivity index (χ4n) is 1.62. The zero-order valence-corrected chi connectivity index (χ0v) is 11.5. The van der Waals surface area contributed by atoms with E-state index in [1.54, 1.807) is 0 Å². The van der Waals surface area contributed by atoms with Crippen molar-refractivity contribution in [2.24, 2.45) is 5.92 Å². The maximum absolute atomic E-state index is 5.74. The Morgan fingerprint density at radius 2 is 2.06 bits per heavy atom. The third kappa shape index (κ3) is 5.12. The summed E-state index contributed by atoms with van der Waals surface area (Å²) in [6.07, 6.45) is 2.22. The summed E-state index contributed by atoms with van der Waals surface area (Å²) in [5, 5.41) is 3.47. The smallest absolute Gasteiger partial charge is 0.142 e. The molecule has 0 bridgehead atoms. The minimum Gasteiger partial charge on any atom is -0.491 e. The maximum Gasteiger partial charge on any atom is 0.142 e. The fraction of sp³-hybridized carbons (Fsp3) is 0.600. The molecule has 1 N–H and O–H groups in total. The van der Waals surface area contributed by atoms with Crippen molar-refractivity contribution < 1.29 is 4.74 Å². The number of anilines is 1. The molecule has 2 nitrogen and oxygen atoms in total. The topological polar surface area (TPSA) is 21.3 Å². The number of hydrogen-bond donors (Lipinski definition) is 1. The molecule has 1 rings (SSSR count). The molecule has 0 amide bonds. The molecule has 0 aliphatic heterocycles. The summed E-state index contributed by atoms with van der Waals surface area (Å²) >= 11 is 0. The molecule has 1 aromatic rings. The van der Waals surface area contributed by atoms with Gasteiger partial charge in [-0.1, -0.05) is 26.8 Å². The van der Waals surface area contributed by atoms with Crippen LogP contribution in [0.1, 0.15) is 39.2 Å². The average molecular weight is 235 g/mol. The first-order valence-electron chi connectivity index (χ1n) is 6.60. The van der Waals surface area contributed by atoms with E-state index in [0.29, 0.717) is 0 Å². The van der Waals surface area contributed by atoms with Crippen LogP contribution >= 0.6 is 0 Å². The summed E-state index contributed by atoms with van der Waals surface area (Å²) in [5.74, 6) is 1.70. The number of rotatable bonds is 7. The van der Waals surface area contributed by atoms with Crippen LogP contribution in [0.4, 0.5) is 5.69 Å². The average Bonchev–Trinajstić information content (AvgIpc) is 2.27. The Morgan fingerprint density at radius 1 is 1.29 bits per heavy atom. The lowest BCUT2D eigenvalue weighted by atomic mass is 10.1. The lowest BCUT2D eigenvalue weighted by Gasteiger charge is -2.14. The van der Waals surface area contributed by atoms with Gasteiger partial charge in [0.05, 0.1) is 12.3 Å². The Balaban J connectivity index is 2.62. The van der Waals surface area contributed by atoms with Crippen molar-refractivity contribution in [2.45, 2.75) is 40.5 Å². The summed E-state index contributed by atoms with van der Waals surface area (Å²) in [6.45, 7) is 10.5. The highest BCUT2D eigenvalue weighted by molar-refractivity contribution is 5.57. The molecule has 0 atom stereocenters. The van der Waals surface area contributed by atoms with Gasteiger partial charge in [-0.2, -0.15) is 0 Å². The van der Waals surface area contributed by atoms with Crippen LogP contribution in [0.5, 0.6) is 5.75 Å². The Hall–Kier alpha value is -1.18. The van der Waals surface area contributed by atoms with Gasteiger partial charge in [-0.25, -0.2) is 0 Å². The molecule has 17 heavy (non-hydrogen) atoms. The van der Waals surface area contributed by atoms with Crippen molar-refractivity contribution in [3.63, 3.8) is 0 Å². The van der Waals surface area contributed by atoms with Crippen LogP contribution in [0.25, 0.3) is 0 Å². The Kier molecular flexibility index (Phi) is 5.88. The highest BCUT2D eigenvalue weighted by Gasteiger charge is 2.03. The quantitative estimate of drug-likeness (QED) is 0.763. The SMILES string of the molecule is CCCOc1ccc(C)cc1NCCC(C)C. The van der Waals surface area contributed by atoms with E-state index in [0.717, 1.165) is 36.9 Å². The van der Waals surface area contributed by atoms with Crippen LogP contribution in [-0.4, -0.2) is 13.2 Å². The van der Waals surface area contributed by atoms with Gasteiger partial charge in [0.1, 0.15) is 5.75 Å². The molecular weight excluding hydrogens is 210 g/mol. The van der Waals surface area contributed by atoms with Gasteiger partial charge in [0.2, 0.25) is 0 Å². The molecule has 0 aromatic heterocycles. The number of nitrogens with one attached hydrogen (secondary N) is 1. The van der Waals surface area contributed by atoms with E-state index in [9.17, 15) is 0 Å². The summed E-state index contributed by atoms with van der Waals surface area (Å²) in [6, 6.07) is 6.31. The van der Waals surface area contributed by atoms with Crippen LogP contribution in [-0.2, 0) is 0 Å². The van der Waals surface area contributed by atoms with Crippen LogP contribution in [0.3, 0.4) is 0 Å². The number of ether oxygens (including phenoxy) is 1. The van der Waals surface area contributed by atoms with E-state index in [2.05, 4.69) is 51.2 Å². The monoisotopic (exact) mass is 235 g/mol. The first kappa shape index (κ1) is 13.9. The van der Waals surface area contributed by atoms with E-state index in [4.69, 9.17) is 4.74 Å². The van der Waals surface area contributed by atoms with Gasteiger partial charge < -0.3 is 10.1 Å². The van der Waals surface area contributed by atoms with E-state index >= 15 is 0 Å². The molecule has 96 valence electrons. The molecular formula is C15H25NO. The minimum atomic E-state index is 0.729. The molecule has 0 saturated heterocycles. The van der Waals surface area contributed by atoms with E-state index in [1.165, 1.54) is 12.0 Å². The molecule has 2 heteroatoms. The molecule has 0 spiro atoms. The largest absolute Gasteiger partial charge is 0.491 e. The van der Waals surface area contributed by atoms with Crippen LogP contribution in [0.15, 0.2) is 18.2 Å². The second kappa shape index (κ2) is 7.21. The molecule has 0 unspecified atom stereocenters. The fourth-order valence-corrected chi connectivity index (χ4v) is 1.62. The first-order chi connectivity index (χ1) is 8.13. The van der Waals surface area contributed by atoms with Crippen LogP contribution in [0, 0.1) is 12.8 Å². The molecule has 0 saturated carbocycles. The number of hydrogen-bond acceptors (Lipinski definition) is 2. The van der Waals surface area contributed by atoms with Crippen molar-refractivity contribution >= 4 is 5.69 Å². The van der Waals surface area contributed by atoms with Crippen molar-refractivity contribution in [3.8, 4) is 5.75 Å². The summed E-state index contributed by atoms with van der Waals surface area (Å²) in [4.78, 5) is 0. The zero-order chi connectivity index (χ0) is 12.7. The normalized spacial score (nSPS) is 10.6. The predicted octanol–water partition coefficient (Wildman–Crippen LogP) is 4.24. The zero-order valence-electron chi connectivity index (χ0n) is 11.5. The third-order valence-corrected chi connectivity index (χ3v) is 2.63. The lowest BCUT2D eigenvalue weighted by Crippen LogP contribution is -2.07. The maximum atomic E-state index is 5.74. The van der Waals surface area contributed by atoms with Crippen LogP contribution < -0.4 is 10.1 Å². The Labute approximate surface area is 105 Å². The molecule has 0 radical (unpaired) electrons. The minimum absolute atomic E-state index is 0.729. The third-order valence-electron chi connectivity index (χ3n) is 2.63. The van der Waals surface area contributed by atoms with Gasteiger partial charge in [0.25, 0.3) is 0 Å². The van der Waals surface area contributed by atoms with Gasteiger partial charge >= 0.3 is 0 Å². The van der Waals surface area contributed by atoms with E-state index in [-0.39, 0.29) is 0 Å². The molecule has 0 heterocycles. The van der Waals surface area contributed by atoms with E-state index in [1.807, 2.05) is 0 Å². The van der Waals surface area contributed by atoms with Crippen molar-refractivity contribution in [3.05, 3.63) is 23.8 Å². The second-order valence-corrected chi connectivity index (χ2v) is 4.96. The Bertz CT molecular complexity index is 334. The number of benzene rings is 1. The van der Waals surface area contributed by atoms with Gasteiger partial charge in [0, 0.05) is 6.54 Å². The standard InChI is InChI=1S/C15H25NO/c1-5-10-17-15-7-6-13(4)11-14(15)16-9-8-12(2)3/h6-7,11-12,16H,5,8-10H2,1-4H3. The van der Waals surface area contributed by atoms with Gasteiger partial charge in [0.15, 0.2) is 0 Å².